The summed E-state index contributed by atoms with van der Waals surface area (Å²) in [6, 6.07) is 66.1. The highest BCUT2D eigenvalue weighted by Crippen LogP contribution is 2.42. The van der Waals surface area contributed by atoms with Crippen LogP contribution in [0.1, 0.15) is 0 Å². The van der Waals surface area contributed by atoms with Crippen LogP contribution in [0.3, 0.4) is 0 Å². The van der Waals surface area contributed by atoms with E-state index >= 15 is 0 Å². The maximum atomic E-state index is 5.17. The summed E-state index contributed by atoms with van der Waals surface area (Å²) in [7, 11) is 0. The van der Waals surface area contributed by atoms with Crippen LogP contribution in [0, 0.1) is 0 Å². The van der Waals surface area contributed by atoms with E-state index in [1.165, 1.54) is 75.1 Å². The van der Waals surface area contributed by atoms with Gasteiger partial charge in [-0.1, -0.05) is 152 Å². The first-order chi connectivity index (χ1) is 27.8. The molecule has 0 bridgehead atoms. The molecular weight excluding hydrogens is 699 g/mol. The van der Waals surface area contributed by atoms with E-state index in [-0.39, 0.29) is 0 Å². The Morgan fingerprint density at radius 1 is 0.429 bits per heavy atom. The van der Waals surface area contributed by atoms with Gasteiger partial charge in [-0.05, 0) is 85.4 Å². The number of rotatable bonds is 4. The van der Waals surface area contributed by atoms with Gasteiger partial charge in [0.05, 0.1) is 26.9 Å². The first kappa shape index (κ1) is 31.2. The molecule has 0 radical (unpaired) electrons. The van der Waals surface area contributed by atoms with Crippen molar-refractivity contribution in [2.24, 2.45) is 0 Å². The van der Waals surface area contributed by atoms with Crippen molar-refractivity contribution in [2.75, 3.05) is 0 Å². The van der Waals surface area contributed by atoms with E-state index in [9.17, 15) is 0 Å². The summed E-state index contributed by atoms with van der Waals surface area (Å²) in [6.07, 6.45) is 1.88. The van der Waals surface area contributed by atoms with E-state index in [1.54, 1.807) is 0 Å². The van der Waals surface area contributed by atoms with Crippen LogP contribution >= 0.6 is 11.3 Å². The third kappa shape index (κ3) is 4.70. The number of pyridine rings is 2. The number of para-hydroxylation sites is 2. The monoisotopic (exact) mass is 729 g/mol. The van der Waals surface area contributed by atoms with Gasteiger partial charge in [0, 0.05) is 32.4 Å². The number of aromatic nitrogens is 3. The molecular formula is C52H31N3S. The fourth-order valence-corrected chi connectivity index (χ4v) is 9.98. The number of hydrogen-bond acceptors (Lipinski definition) is 3. The molecule has 0 N–H and O–H groups in total. The van der Waals surface area contributed by atoms with Crippen molar-refractivity contribution >= 4 is 80.6 Å². The lowest BCUT2D eigenvalue weighted by Gasteiger charge is -2.14. The van der Waals surface area contributed by atoms with Gasteiger partial charge in [-0.25, -0.2) is 4.98 Å². The Hall–Kier alpha value is -7.14. The zero-order chi connectivity index (χ0) is 36.7. The van der Waals surface area contributed by atoms with Crippen molar-refractivity contribution in [3.05, 3.63) is 188 Å². The normalized spacial score (nSPS) is 11.9. The quantitative estimate of drug-likeness (QED) is 0.169. The minimum absolute atomic E-state index is 1.01. The van der Waals surface area contributed by atoms with Gasteiger partial charge in [0.2, 0.25) is 0 Å². The van der Waals surface area contributed by atoms with Crippen molar-refractivity contribution < 1.29 is 0 Å². The molecule has 0 aliphatic carbocycles. The lowest BCUT2D eigenvalue weighted by atomic mass is 9.90. The van der Waals surface area contributed by atoms with Crippen LogP contribution in [0.15, 0.2) is 188 Å². The van der Waals surface area contributed by atoms with Gasteiger partial charge in [0.25, 0.3) is 0 Å². The van der Waals surface area contributed by atoms with Gasteiger partial charge in [-0.15, -0.1) is 11.3 Å². The number of benzene rings is 8. The van der Waals surface area contributed by atoms with Crippen LogP contribution in [-0.4, -0.2) is 14.4 Å². The Labute approximate surface area is 326 Å². The van der Waals surface area contributed by atoms with E-state index in [0.717, 1.165) is 38.8 Å². The highest BCUT2D eigenvalue weighted by Gasteiger charge is 2.18. The molecule has 0 unspecified atom stereocenters. The van der Waals surface area contributed by atoms with Crippen LogP contribution in [0.4, 0.5) is 0 Å². The topological polar surface area (TPSA) is 30.2 Å². The van der Waals surface area contributed by atoms with Gasteiger partial charge in [-0.2, -0.15) is 0 Å². The molecule has 12 rings (SSSR count). The molecule has 3 nitrogen and oxygen atoms in total. The minimum atomic E-state index is 1.01. The van der Waals surface area contributed by atoms with Crippen molar-refractivity contribution in [3.63, 3.8) is 0 Å². The van der Waals surface area contributed by atoms with E-state index in [0.29, 0.717) is 0 Å². The number of nitrogens with zero attached hydrogens (tertiary/aromatic N) is 3. The lowest BCUT2D eigenvalue weighted by molar-refractivity contribution is 1.25. The second-order valence-corrected chi connectivity index (χ2v) is 15.6. The summed E-state index contributed by atoms with van der Waals surface area (Å²) >= 11 is 1.83. The molecule has 0 atom stereocenters. The average Bonchev–Trinajstić information content (AvgIpc) is 3.85. The summed E-state index contributed by atoms with van der Waals surface area (Å²) < 4.78 is 4.85. The summed E-state index contributed by atoms with van der Waals surface area (Å²) in [5, 5.41) is 8.57. The maximum absolute atomic E-state index is 5.17. The van der Waals surface area contributed by atoms with Gasteiger partial charge in [-0.3, -0.25) is 9.38 Å². The van der Waals surface area contributed by atoms with Gasteiger partial charge in [0.15, 0.2) is 5.65 Å². The van der Waals surface area contributed by atoms with Crippen LogP contribution < -0.4 is 0 Å². The van der Waals surface area contributed by atoms with E-state index in [1.807, 2.05) is 23.6 Å². The molecule has 4 heterocycles. The number of fused-ring (bicyclic) bond motifs is 11. The molecule has 0 amide bonds. The molecule has 0 saturated heterocycles. The molecule has 0 spiro atoms. The second-order valence-electron chi connectivity index (χ2n) is 14.5. The van der Waals surface area contributed by atoms with Crippen LogP contribution in [0.25, 0.3) is 114 Å². The Kier molecular flexibility index (Phi) is 6.80. The van der Waals surface area contributed by atoms with Crippen molar-refractivity contribution in [2.45, 2.75) is 0 Å². The average molecular weight is 730 g/mol. The van der Waals surface area contributed by atoms with Crippen molar-refractivity contribution in [3.8, 4) is 44.6 Å². The van der Waals surface area contributed by atoms with Crippen molar-refractivity contribution in [1.82, 2.24) is 14.4 Å². The van der Waals surface area contributed by atoms with Gasteiger partial charge in [0.1, 0.15) is 0 Å². The molecule has 4 aromatic heterocycles. The summed E-state index contributed by atoms with van der Waals surface area (Å²) in [5.41, 5.74) is 13.8. The molecule has 0 fully saturated rings. The smallest absolute Gasteiger partial charge is 0.156 e. The van der Waals surface area contributed by atoms with E-state index in [4.69, 9.17) is 9.97 Å². The predicted molar refractivity (Wildman–Crippen MR) is 238 cm³/mol. The zero-order valence-electron chi connectivity index (χ0n) is 30.1. The Morgan fingerprint density at radius 2 is 1.04 bits per heavy atom. The first-order valence-corrected chi connectivity index (χ1v) is 19.8. The van der Waals surface area contributed by atoms with Crippen LogP contribution in [0.5, 0.6) is 0 Å². The summed E-state index contributed by atoms with van der Waals surface area (Å²) in [6.45, 7) is 0. The maximum Gasteiger partial charge on any atom is 0.156 e. The first-order valence-electron chi connectivity index (χ1n) is 19.0. The summed E-state index contributed by atoms with van der Waals surface area (Å²) in [4.78, 5) is 9.88. The van der Waals surface area contributed by atoms with Gasteiger partial charge < -0.3 is 0 Å². The highest BCUT2D eigenvalue weighted by atomic mass is 32.1. The molecule has 0 aliphatic rings. The second kappa shape index (κ2) is 12.2. The van der Waals surface area contributed by atoms with Gasteiger partial charge >= 0.3 is 0 Å². The predicted octanol–water partition coefficient (Wildman–Crippen LogP) is 14.4. The Bertz CT molecular complexity index is 3520. The van der Waals surface area contributed by atoms with E-state index < -0.39 is 0 Å². The summed E-state index contributed by atoms with van der Waals surface area (Å²) in [5.74, 6) is 0. The largest absolute Gasteiger partial charge is 0.291 e. The zero-order valence-corrected chi connectivity index (χ0v) is 31.0. The fourth-order valence-electron chi connectivity index (χ4n) is 8.82. The minimum Gasteiger partial charge on any atom is -0.291 e. The van der Waals surface area contributed by atoms with Crippen LogP contribution in [-0.2, 0) is 0 Å². The third-order valence-electron chi connectivity index (χ3n) is 11.5. The highest BCUT2D eigenvalue weighted by molar-refractivity contribution is 7.26. The SMILES string of the molecule is c1cnc2c(c1)ccc1c(-c3ccc(-c4ccc(-c5ccc(-c6cc7c8ccccc8sc7c7nc8ccccc8n67)cc5)c5ccccc45)cc3)cccc12. The lowest BCUT2D eigenvalue weighted by Crippen LogP contribution is -1.93. The third-order valence-corrected chi connectivity index (χ3v) is 12.7. The number of thiophene rings is 1. The van der Waals surface area contributed by atoms with Crippen molar-refractivity contribution in [1.29, 1.82) is 0 Å². The number of hydrogen-bond donors (Lipinski definition) is 0. The Balaban J connectivity index is 0.938. The molecule has 12 aromatic rings. The molecule has 0 aliphatic heterocycles. The van der Waals surface area contributed by atoms with Crippen LogP contribution in [0.2, 0.25) is 0 Å². The number of imidazole rings is 1. The molecule has 8 aromatic carbocycles. The fraction of sp³-hybridized carbons (Fsp3) is 0. The molecule has 4 heteroatoms. The molecule has 260 valence electrons. The Morgan fingerprint density at radius 3 is 1.79 bits per heavy atom. The molecule has 56 heavy (non-hydrogen) atoms. The molecule has 0 saturated carbocycles. The standard InChI is InChI=1S/C52H31N3S/c1-2-11-41-39(29-28-38(40(41)10-1)33-20-18-32(19-21-33)37-13-7-14-44-42(37)27-26-36-9-8-30-53-50(36)44)34-22-24-35(25-23-34)48-31-45-43-12-3-6-17-49(43)56-51(45)52-54-46-15-4-5-16-47(46)55(48)52/h1-31H. The van der Waals surface area contributed by atoms with E-state index in [2.05, 4.69) is 180 Å².